The molecule has 12 heavy (non-hydrogen) atoms. The summed E-state index contributed by atoms with van der Waals surface area (Å²) in [6.45, 7) is 3.76. The molecule has 0 saturated heterocycles. The summed E-state index contributed by atoms with van der Waals surface area (Å²) in [4.78, 5) is 19.7. The summed E-state index contributed by atoms with van der Waals surface area (Å²) in [5, 5.41) is 8.27. The van der Waals surface area contributed by atoms with Gasteiger partial charge < -0.3 is 0 Å². The van der Waals surface area contributed by atoms with E-state index in [9.17, 15) is 4.79 Å². The fraction of sp³-hybridized carbons (Fsp3) is 0.500. The molecule has 0 aliphatic carbocycles. The lowest BCUT2D eigenvalue weighted by molar-refractivity contribution is -0.265. The summed E-state index contributed by atoms with van der Waals surface area (Å²) in [5.41, 5.74) is 0.311. The second kappa shape index (κ2) is 6.38. The van der Waals surface area contributed by atoms with E-state index in [0.29, 0.717) is 18.6 Å². The predicted molar refractivity (Wildman–Crippen MR) is 41.7 cm³/mol. The van der Waals surface area contributed by atoms with Crippen molar-refractivity contribution in [1.82, 2.24) is 0 Å². The molecule has 0 saturated carbocycles. The second-order valence-corrected chi connectivity index (χ2v) is 1.93. The molecule has 0 heterocycles. The van der Waals surface area contributed by atoms with Gasteiger partial charge in [-0.15, -0.1) is 0 Å². The van der Waals surface area contributed by atoms with E-state index in [0.717, 1.165) is 6.08 Å². The first kappa shape index (κ1) is 10.7. The quantitative estimate of drug-likeness (QED) is 0.276. The molecule has 4 heteroatoms. The fourth-order valence-corrected chi connectivity index (χ4v) is 0.549. The Balaban J connectivity index is 4.06. The SMILES string of the molecule is CCOOC(=O)/C(=C\C#N)CC. The van der Waals surface area contributed by atoms with Crippen LogP contribution in [0.3, 0.4) is 0 Å². The molecule has 0 aromatic carbocycles. The lowest BCUT2D eigenvalue weighted by atomic mass is 10.2. The van der Waals surface area contributed by atoms with Crippen LogP contribution in [0.4, 0.5) is 0 Å². The summed E-state index contributed by atoms with van der Waals surface area (Å²) >= 11 is 0. The molecule has 0 N–H and O–H groups in total. The van der Waals surface area contributed by atoms with Gasteiger partial charge in [0.05, 0.1) is 18.2 Å². The van der Waals surface area contributed by atoms with E-state index in [1.807, 2.05) is 0 Å². The number of hydrogen-bond acceptors (Lipinski definition) is 4. The molecule has 0 amide bonds. The lowest BCUT2D eigenvalue weighted by Crippen LogP contribution is -2.07. The molecule has 66 valence electrons. The van der Waals surface area contributed by atoms with E-state index in [-0.39, 0.29) is 0 Å². The molecular weight excluding hydrogens is 158 g/mol. The Bertz CT molecular complexity index is 215. The van der Waals surface area contributed by atoms with Crippen LogP contribution in [0.1, 0.15) is 20.3 Å². The van der Waals surface area contributed by atoms with Crippen LogP contribution in [0, 0.1) is 11.3 Å². The highest BCUT2D eigenvalue weighted by Crippen LogP contribution is 2.02. The van der Waals surface area contributed by atoms with Crippen LogP contribution < -0.4 is 0 Å². The van der Waals surface area contributed by atoms with Gasteiger partial charge in [0, 0.05) is 6.08 Å². The zero-order valence-corrected chi connectivity index (χ0v) is 7.16. The van der Waals surface area contributed by atoms with E-state index in [1.165, 1.54) is 0 Å². The Morgan fingerprint density at radius 3 is 2.67 bits per heavy atom. The predicted octanol–water partition coefficient (Wildman–Crippen LogP) is 1.34. The van der Waals surface area contributed by atoms with Crippen molar-refractivity contribution in [1.29, 1.82) is 5.26 Å². The summed E-state index contributed by atoms with van der Waals surface area (Å²) in [5.74, 6) is -0.596. The van der Waals surface area contributed by atoms with Crippen LogP contribution in [-0.4, -0.2) is 12.6 Å². The maximum Gasteiger partial charge on any atom is 0.369 e. The average Bonchev–Trinajstić information content (AvgIpc) is 2.10. The normalized spacial score (nSPS) is 10.6. The van der Waals surface area contributed by atoms with Crippen LogP contribution in [0.15, 0.2) is 11.6 Å². The smallest absolute Gasteiger partial charge is 0.293 e. The molecule has 4 nitrogen and oxygen atoms in total. The van der Waals surface area contributed by atoms with Gasteiger partial charge in [0.2, 0.25) is 0 Å². The van der Waals surface area contributed by atoms with Crippen LogP contribution in [-0.2, 0) is 14.6 Å². The number of rotatable bonds is 4. The number of carbonyl (C=O) groups is 1. The van der Waals surface area contributed by atoms with Gasteiger partial charge in [0.1, 0.15) is 0 Å². The van der Waals surface area contributed by atoms with Gasteiger partial charge in [0.15, 0.2) is 0 Å². The molecule has 0 bridgehead atoms. The van der Waals surface area contributed by atoms with Crippen LogP contribution in [0.5, 0.6) is 0 Å². The first-order valence-electron chi connectivity index (χ1n) is 3.68. The summed E-state index contributed by atoms with van der Waals surface area (Å²) in [6.07, 6.45) is 1.61. The van der Waals surface area contributed by atoms with E-state index < -0.39 is 5.97 Å². The highest BCUT2D eigenvalue weighted by atomic mass is 17.2. The van der Waals surface area contributed by atoms with Crippen molar-refractivity contribution in [3.63, 3.8) is 0 Å². The van der Waals surface area contributed by atoms with E-state index >= 15 is 0 Å². The maximum atomic E-state index is 11.0. The van der Waals surface area contributed by atoms with E-state index in [4.69, 9.17) is 5.26 Å². The zero-order valence-electron chi connectivity index (χ0n) is 7.16. The average molecular weight is 169 g/mol. The standard InChI is InChI=1S/C8H11NO3/c1-3-7(5-6-9)8(10)12-11-4-2/h5H,3-4H2,1-2H3/b7-5-. The number of allylic oxidation sites excluding steroid dienone is 1. The van der Waals surface area contributed by atoms with Crippen molar-refractivity contribution >= 4 is 5.97 Å². The molecule has 0 spiro atoms. The Labute approximate surface area is 71.3 Å². The van der Waals surface area contributed by atoms with E-state index in [1.54, 1.807) is 19.9 Å². The molecule has 0 fully saturated rings. The molecule has 0 unspecified atom stereocenters. The Hall–Kier alpha value is -1.34. The number of nitriles is 1. The number of hydrogen-bond donors (Lipinski definition) is 0. The third kappa shape index (κ3) is 3.74. The van der Waals surface area contributed by atoms with Gasteiger partial charge in [-0.25, -0.2) is 4.79 Å². The zero-order chi connectivity index (χ0) is 9.40. The highest BCUT2D eigenvalue weighted by Gasteiger charge is 2.08. The first-order valence-corrected chi connectivity index (χ1v) is 3.68. The van der Waals surface area contributed by atoms with Crippen LogP contribution in [0.25, 0.3) is 0 Å². The molecule has 0 aliphatic rings. The van der Waals surface area contributed by atoms with E-state index in [2.05, 4.69) is 9.78 Å². The van der Waals surface area contributed by atoms with Crippen LogP contribution in [0.2, 0.25) is 0 Å². The largest absolute Gasteiger partial charge is 0.369 e. The fourth-order valence-electron chi connectivity index (χ4n) is 0.549. The topological polar surface area (TPSA) is 59.3 Å². The molecule has 0 rings (SSSR count). The summed E-state index contributed by atoms with van der Waals surface area (Å²) in [7, 11) is 0. The van der Waals surface area contributed by atoms with Gasteiger partial charge in [-0.3, -0.25) is 4.89 Å². The van der Waals surface area contributed by atoms with Gasteiger partial charge in [0.25, 0.3) is 0 Å². The third-order valence-corrected chi connectivity index (χ3v) is 1.13. The number of carbonyl (C=O) groups excluding carboxylic acids is 1. The minimum atomic E-state index is -0.596. The molecule has 0 radical (unpaired) electrons. The second-order valence-electron chi connectivity index (χ2n) is 1.93. The monoisotopic (exact) mass is 169 g/mol. The first-order chi connectivity index (χ1) is 5.76. The van der Waals surface area contributed by atoms with Crippen molar-refractivity contribution in [2.24, 2.45) is 0 Å². The van der Waals surface area contributed by atoms with Gasteiger partial charge in [-0.05, 0) is 13.3 Å². The lowest BCUT2D eigenvalue weighted by Gasteiger charge is -2.01. The highest BCUT2D eigenvalue weighted by molar-refractivity contribution is 5.88. The molecule has 0 aromatic heterocycles. The Kier molecular flexibility index (Phi) is 5.66. The Morgan fingerprint density at radius 1 is 1.58 bits per heavy atom. The van der Waals surface area contributed by atoms with Gasteiger partial charge >= 0.3 is 5.97 Å². The van der Waals surface area contributed by atoms with Crippen LogP contribution >= 0.6 is 0 Å². The molecule has 0 atom stereocenters. The minimum absolute atomic E-state index is 0.301. The van der Waals surface area contributed by atoms with Gasteiger partial charge in [-0.1, -0.05) is 6.92 Å². The molecular formula is C8H11NO3. The minimum Gasteiger partial charge on any atom is -0.293 e. The maximum absolute atomic E-state index is 11.0. The van der Waals surface area contributed by atoms with Gasteiger partial charge in [-0.2, -0.15) is 10.1 Å². The van der Waals surface area contributed by atoms with Crippen molar-refractivity contribution in [2.45, 2.75) is 20.3 Å². The van der Waals surface area contributed by atoms with Crippen molar-refractivity contribution < 1.29 is 14.6 Å². The molecule has 0 aliphatic heterocycles. The summed E-state index contributed by atoms with van der Waals surface area (Å²) < 4.78 is 0. The van der Waals surface area contributed by atoms with Crippen molar-refractivity contribution in [3.05, 3.63) is 11.6 Å². The van der Waals surface area contributed by atoms with Crippen molar-refractivity contribution in [2.75, 3.05) is 6.61 Å². The Morgan fingerprint density at radius 2 is 2.25 bits per heavy atom. The van der Waals surface area contributed by atoms with Crippen molar-refractivity contribution in [3.8, 4) is 6.07 Å². The summed E-state index contributed by atoms with van der Waals surface area (Å²) in [6, 6.07) is 1.76. The molecule has 0 aromatic rings. The third-order valence-electron chi connectivity index (χ3n) is 1.13. The number of nitrogens with zero attached hydrogens (tertiary/aromatic N) is 1.